The summed E-state index contributed by atoms with van der Waals surface area (Å²) in [5.41, 5.74) is 4.33. The van der Waals surface area contributed by atoms with Crippen molar-refractivity contribution in [2.45, 2.75) is 50.8 Å². The molecule has 1 N–H and O–H groups in total. The molecule has 1 saturated heterocycles. The Morgan fingerprint density at radius 1 is 1.17 bits per heavy atom. The highest BCUT2D eigenvalue weighted by Gasteiger charge is 2.48. The topological polar surface area (TPSA) is 45.5 Å². The summed E-state index contributed by atoms with van der Waals surface area (Å²) in [6, 6.07) is 9.41. The zero-order chi connectivity index (χ0) is 20.9. The molecule has 158 valence electrons. The van der Waals surface area contributed by atoms with Crippen LogP contribution in [0.4, 0.5) is 5.82 Å². The largest absolute Gasteiger partial charge is 0.355 e. The molecule has 0 radical (unpaired) electrons. The Labute approximate surface area is 190 Å². The van der Waals surface area contributed by atoms with Crippen molar-refractivity contribution in [3.8, 4) is 0 Å². The molecule has 0 amide bonds. The number of nitrogens with one attached hydrogen (secondary N) is 1. The minimum absolute atomic E-state index is 0.189. The van der Waals surface area contributed by atoms with Crippen molar-refractivity contribution < 1.29 is 0 Å². The van der Waals surface area contributed by atoms with Gasteiger partial charge in [-0.2, -0.15) is 0 Å². The lowest BCUT2D eigenvalue weighted by Gasteiger charge is -2.44. The summed E-state index contributed by atoms with van der Waals surface area (Å²) in [5.74, 6) is 1.04. The van der Waals surface area contributed by atoms with Crippen molar-refractivity contribution in [2.24, 2.45) is 5.41 Å². The second-order valence-corrected chi connectivity index (χ2v) is 11.9. The number of nitrogens with zero attached hydrogens (tertiary/aromatic N) is 4. The van der Waals surface area contributed by atoms with Crippen LogP contribution in [0.5, 0.6) is 0 Å². The molecular weight excluding hydrogens is 458 g/mol. The zero-order valence-electron chi connectivity index (χ0n) is 17.7. The van der Waals surface area contributed by atoms with Gasteiger partial charge in [0.25, 0.3) is 0 Å². The van der Waals surface area contributed by atoms with E-state index in [9.17, 15) is 0 Å². The highest BCUT2D eigenvalue weighted by Crippen LogP contribution is 2.53. The molecule has 7 heteroatoms. The van der Waals surface area contributed by atoms with Gasteiger partial charge in [0, 0.05) is 36.3 Å². The lowest BCUT2D eigenvalue weighted by atomic mass is 9.73. The number of benzene rings is 1. The lowest BCUT2D eigenvalue weighted by molar-refractivity contribution is 0.178. The van der Waals surface area contributed by atoms with Gasteiger partial charge in [-0.05, 0) is 72.5 Å². The first-order valence-corrected chi connectivity index (χ1v) is 12.2. The summed E-state index contributed by atoms with van der Waals surface area (Å²) < 4.78 is 6.96. The van der Waals surface area contributed by atoms with Crippen molar-refractivity contribution in [1.82, 2.24) is 19.1 Å². The summed E-state index contributed by atoms with van der Waals surface area (Å²) in [5, 5.41) is 0. The molecule has 1 aliphatic heterocycles. The standard InChI is InChI=1S/C23H28BrN5S/c1-22(2,3)30-27-19-17-7-5-4-6-16(17)14-23(19)8-11-28(12-9-23)20-18-15-26-21(24)29(18)13-10-25-20/h4-7,10,13,15,19,27H,8-9,11-12,14H2,1-3H3/t19-/m1/s1. The molecular formula is C23H28BrN5S. The van der Waals surface area contributed by atoms with Crippen LogP contribution in [-0.2, 0) is 6.42 Å². The number of anilines is 1. The maximum atomic E-state index is 4.71. The average molecular weight is 486 g/mol. The first-order chi connectivity index (χ1) is 14.4. The van der Waals surface area contributed by atoms with Gasteiger partial charge < -0.3 is 4.90 Å². The molecule has 1 fully saturated rings. The first kappa shape index (κ1) is 20.3. The van der Waals surface area contributed by atoms with E-state index < -0.39 is 0 Å². The third-order valence-corrected chi connectivity index (χ3v) is 8.01. The fourth-order valence-electron chi connectivity index (χ4n) is 4.97. The van der Waals surface area contributed by atoms with Gasteiger partial charge in [0.2, 0.25) is 0 Å². The van der Waals surface area contributed by atoms with Gasteiger partial charge in [-0.25, -0.2) is 9.97 Å². The number of aromatic nitrogens is 3. The number of fused-ring (bicyclic) bond motifs is 2. The number of halogens is 1. The van der Waals surface area contributed by atoms with E-state index in [0.717, 1.165) is 48.4 Å². The van der Waals surface area contributed by atoms with Crippen LogP contribution in [0.25, 0.3) is 5.52 Å². The van der Waals surface area contributed by atoms with Crippen molar-refractivity contribution in [2.75, 3.05) is 18.0 Å². The normalized spacial score (nSPS) is 20.8. The third kappa shape index (κ3) is 3.55. The highest BCUT2D eigenvalue weighted by atomic mass is 79.9. The maximum absolute atomic E-state index is 4.71. The number of hydrogen-bond acceptors (Lipinski definition) is 5. The molecule has 5 rings (SSSR count). The van der Waals surface area contributed by atoms with E-state index in [-0.39, 0.29) is 10.2 Å². The van der Waals surface area contributed by atoms with E-state index in [1.54, 1.807) is 0 Å². The van der Waals surface area contributed by atoms with E-state index in [0.29, 0.717) is 6.04 Å². The summed E-state index contributed by atoms with van der Waals surface area (Å²) in [6.07, 6.45) is 9.21. The van der Waals surface area contributed by atoms with Gasteiger partial charge >= 0.3 is 0 Å². The minimum Gasteiger partial charge on any atom is -0.355 e. The summed E-state index contributed by atoms with van der Waals surface area (Å²) in [4.78, 5) is 11.6. The van der Waals surface area contributed by atoms with Gasteiger partial charge in [-0.1, -0.05) is 36.2 Å². The summed E-state index contributed by atoms with van der Waals surface area (Å²) in [7, 11) is 0. The molecule has 1 aliphatic carbocycles. The Morgan fingerprint density at radius 2 is 1.93 bits per heavy atom. The minimum atomic E-state index is 0.189. The fourth-order valence-corrected chi connectivity index (χ4v) is 6.23. The Balaban J connectivity index is 1.40. The molecule has 0 unspecified atom stereocenters. The van der Waals surface area contributed by atoms with Crippen LogP contribution >= 0.6 is 27.9 Å². The van der Waals surface area contributed by atoms with Crippen LogP contribution in [0, 0.1) is 5.41 Å². The monoisotopic (exact) mass is 485 g/mol. The van der Waals surface area contributed by atoms with Gasteiger partial charge in [-0.3, -0.25) is 9.12 Å². The van der Waals surface area contributed by atoms with Crippen LogP contribution < -0.4 is 9.62 Å². The number of hydrogen-bond donors (Lipinski definition) is 1. The molecule has 0 saturated carbocycles. The van der Waals surface area contributed by atoms with Gasteiger partial charge in [0.1, 0.15) is 5.52 Å². The molecule has 0 bridgehead atoms. The van der Waals surface area contributed by atoms with E-state index in [1.165, 1.54) is 11.1 Å². The predicted octanol–water partition coefficient (Wildman–Crippen LogP) is 5.41. The van der Waals surface area contributed by atoms with Crippen molar-refractivity contribution in [3.63, 3.8) is 0 Å². The molecule has 1 atom stereocenters. The lowest BCUT2D eigenvalue weighted by Crippen LogP contribution is -2.45. The van der Waals surface area contributed by atoms with E-state index >= 15 is 0 Å². The molecule has 30 heavy (non-hydrogen) atoms. The van der Waals surface area contributed by atoms with E-state index in [4.69, 9.17) is 4.98 Å². The Hall–Kier alpha value is -1.57. The summed E-state index contributed by atoms with van der Waals surface area (Å²) >= 11 is 5.40. The SMILES string of the molecule is CC(C)(C)SN[C@@H]1c2ccccc2CC12CCN(c1nccn3c(Br)ncc13)CC2. The Kier molecular flexibility index (Phi) is 5.11. The Morgan fingerprint density at radius 3 is 2.70 bits per heavy atom. The van der Waals surface area contributed by atoms with Crippen molar-refractivity contribution in [1.29, 1.82) is 0 Å². The third-order valence-electron chi connectivity index (χ3n) is 6.46. The van der Waals surface area contributed by atoms with Gasteiger partial charge in [0.15, 0.2) is 10.6 Å². The molecule has 3 aromatic rings. The fraction of sp³-hybridized carbons (Fsp3) is 0.478. The second kappa shape index (κ2) is 7.53. The average Bonchev–Trinajstić information content (AvgIpc) is 3.24. The van der Waals surface area contributed by atoms with Crippen molar-refractivity contribution >= 4 is 39.2 Å². The smallest absolute Gasteiger partial charge is 0.181 e. The molecule has 2 aliphatic rings. The first-order valence-electron chi connectivity index (χ1n) is 10.6. The Bertz CT molecular complexity index is 1060. The van der Waals surface area contributed by atoms with Crippen LogP contribution in [0.2, 0.25) is 0 Å². The van der Waals surface area contributed by atoms with Crippen LogP contribution in [0.15, 0.2) is 47.6 Å². The number of imidazole rings is 1. The van der Waals surface area contributed by atoms with Crippen molar-refractivity contribution in [3.05, 3.63) is 58.7 Å². The molecule has 3 heterocycles. The van der Waals surface area contributed by atoms with E-state index in [2.05, 4.69) is 80.0 Å². The van der Waals surface area contributed by atoms with Crippen LogP contribution in [-0.4, -0.2) is 32.2 Å². The van der Waals surface area contributed by atoms with E-state index in [1.807, 2.05) is 30.5 Å². The quantitative estimate of drug-likeness (QED) is 0.502. The van der Waals surface area contributed by atoms with Crippen LogP contribution in [0.1, 0.15) is 50.8 Å². The van der Waals surface area contributed by atoms with Crippen LogP contribution in [0.3, 0.4) is 0 Å². The highest BCUT2D eigenvalue weighted by molar-refractivity contribution is 9.10. The predicted molar refractivity (Wildman–Crippen MR) is 128 cm³/mol. The second-order valence-electron chi connectivity index (χ2n) is 9.52. The molecule has 5 nitrogen and oxygen atoms in total. The van der Waals surface area contributed by atoms with Gasteiger partial charge in [-0.15, -0.1) is 0 Å². The molecule has 1 aromatic carbocycles. The zero-order valence-corrected chi connectivity index (χ0v) is 20.1. The number of rotatable bonds is 3. The summed E-state index contributed by atoms with van der Waals surface area (Å²) in [6.45, 7) is 8.86. The maximum Gasteiger partial charge on any atom is 0.181 e. The molecule has 1 spiro atoms. The molecule has 2 aromatic heterocycles. The van der Waals surface area contributed by atoms with Gasteiger partial charge in [0.05, 0.1) is 6.20 Å². The number of piperidine rings is 1.